The van der Waals surface area contributed by atoms with E-state index in [0.717, 1.165) is 36.9 Å². The average molecular weight is 314 g/mol. The van der Waals surface area contributed by atoms with Gasteiger partial charge in [0, 0.05) is 0 Å². The largest absolute Gasteiger partial charge is 0.389 e. The van der Waals surface area contributed by atoms with Crippen LogP contribution in [0.4, 0.5) is 0 Å². The van der Waals surface area contributed by atoms with Crippen LogP contribution in [-0.4, -0.2) is 31.6 Å². The van der Waals surface area contributed by atoms with Crippen LogP contribution in [0.2, 0.25) is 0 Å². The van der Waals surface area contributed by atoms with Gasteiger partial charge in [0.2, 0.25) is 5.91 Å². The van der Waals surface area contributed by atoms with Crippen molar-refractivity contribution in [2.75, 3.05) is 0 Å². The number of aliphatic hydroxyl groups is 1. The molecule has 1 unspecified atom stereocenters. The molecule has 122 valence electrons. The van der Waals surface area contributed by atoms with E-state index in [4.69, 9.17) is 0 Å². The molecule has 6 heteroatoms. The van der Waals surface area contributed by atoms with E-state index in [1.807, 2.05) is 31.2 Å². The van der Waals surface area contributed by atoms with Gasteiger partial charge in [-0.1, -0.05) is 30.2 Å². The molecule has 2 N–H and O–H groups in total. The highest BCUT2D eigenvalue weighted by Gasteiger charge is 2.33. The summed E-state index contributed by atoms with van der Waals surface area (Å²) in [5, 5.41) is 21.0. The van der Waals surface area contributed by atoms with Crippen LogP contribution in [-0.2, 0) is 4.79 Å². The lowest BCUT2D eigenvalue weighted by atomic mass is 9.97. The number of nitrogens with one attached hydrogen (secondary N) is 1. The third-order valence-electron chi connectivity index (χ3n) is 4.48. The quantitative estimate of drug-likeness (QED) is 0.886. The van der Waals surface area contributed by atoms with Gasteiger partial charge in [-0.15, -0.1) is 5.10 Å². The van der Waals surface area contributed by atoms with E-state index in [2.05, 4.69) is 15.6 Å². The van der Waals surface area contributed by atoms with E-state index in [1.165, 1.54) is 0 Å². The Kier molecular flexibility index (Phi) is 4.43. The van der Waals surface area contributed by atoms with Crippen LogP contribution in [0.15, 0.2) is 36.7 Å². The molecule has 1 heterocycles. The fourth-order valence-corrected chi connectivity index (χ4v) is 3.15. The normalized spacial score (nSPS) is 17.8. The first-order chi connectivity index (χ1) is 11.1. The Balaban J connectivity index is 1.59. The summed E-state index contributed by atoms with van der Waals surface area (Å²) in [5.41, 5.74) is 1.13. The molecule has 0 saturated heterocycles. The van der Waals surface area contributed by atoms with Crippen LogP contribution < -0.4 is 5.32 Å². The second kappa shape index (κ2) is 6.50. The van der Waals surface area contributed by atoms with Gasteiger partial charge < -0.3 is 10.4 Å². The summed E-state index contributed by atoms with van der Waals surface area (Å²) in [6.07, 6.45) is 7.05. The Morgan fingerprint density at radius 3 is 2.65 bits per heavy atom. The van der Waals surface area contributed by atoms with Crippen LogP contribution in [0, 0.1) is 0 Å². The van der Waals surface area contributed by atoms with Crippen LogP contribution in [0.3, 0.4) is 0 Å². The Bertz CT molecular complexity index is 646. The van der Waals surface area contributed by atoms with Crippen LogP contribution in [0.25, 0.3) is 5.69 Å². The first-order valence-corrected chi connectivity index (χ1v) is 8.04. The number of carbonyl (C=O) groups excluding carboxylic acids is 1. The molecule has 2 aromatic rings. The molecular formula is C17H22N4O2. The smallest absolute Gasteiger partial charge is 0.223 e. The molecule has 3 rings (SSSR count). The molecule has 1 aromatic heterocycles. The maximum Gasteiger partial charge on any atom is 0.223 e. The Labute approximate surface area is 135 Å². The minimum absolute atomic E-state index is 0.0951. The van der Waals surface area contributed by atoms with Gasteiger partial charge in [-0.3, -0.25) is 4.79 Å². The van der Waals surface area contributed by atoms with Gasteiger partial charge >= 0.3 is 0 Å². The lowest BCUT2D eigenvalue weighted by Crippen LogP contribution is -2.35. The van der Waals surface area contributed by atoms with E-state index in [-0.39, 0.29) is 18.4 Å². The van der Waals surface area contributed by atoms with E-state index < -0.39 is 5.60 Å². The molecule has 0 spiro atoms. The highest BCUT2D eigenvalue weighted by atomic mass is 16.3. The number of nitrogens with zero attached hydrogens (tertiary/aromatic N) is 3. The topological polar surface area (TPSA) is 80.0 Å². The summed E-state index contributed by atoms with van der Waals surface area (Å²) < 4.78 is 1.68. The molecule has 1 aliphatic carbocycles. The van der Waals surface area contributed by atoms with Crippen LogP contribution in [0.5, 0.6) is 0 Å². The Morgan fingerprint density at radius 2 is 2.04 bits per heavy atom. The summed E-state index contributed by atoms with van der Waals surface area (Å²) >= 11 is 0. The predicted octanol–water partition coefficient (Wildman–Crippen LogP) is 2.14. The molecule has 1 saturated carbocycles. The van der Waals surface area contributed by atoms with Gasteiger partial charge in [0.25, 0.3) is 0 Å². The van der Waals surface area contributed by atoms with Gasteiger partial charge in [-0.2, -0.15) is 0 Å². The summed E-state index contributed by atoms with van der Waals surface area (Å²) in [5.74, 6) is -0.0951. The predicted molar refractivity (Wildman–Crippen MR) is 86.0 cm³/mol. The molecule has 6 nitrogen and oxygen atoms in total. The fourth-order valence-electron chi connectivity index (χ4n) is 3.15. The number of aromatic nitrogens is 3. The maximum absolute atomic E-state index is 12.1. The van der Waals surface area contributed by atoms with Crippen LogP contribution >= 0.6 is 0 Å². The first-order valence-electron chi connectivity index (χ1n) is 8.04. The molecular weight excluding hydrogens is 292 g/mol. The molecule has 0 aliphatic heterocycles. The SMILES string of the molecule is CC(NC(=O)CC1(O)CCCC1)c1ccc(-n2ccnn2)cc1. The third-order valence-corrected chi connectivity index (χ3v) is 4.48. The number of hydrogen-bond donors (Lipinski definition) is 2. The molecule has 1 amide bonds. The first kappa shape index (κ1) is 15.7. The number of benzene rings is 1. The molecule has 23 heavy (non-hydrogen) atoms. The Morgan fingerprint density at radius 1 is 1.35 bits per heavy atom. The summed E-state index contributed by atoms with van der Waals surface area (Å²) in [7, 11) is 0. The lowest BCUT2D eigenvalue weighted by molar-refractivity contribution is -0.126. The van der Waals surface area contributed by atoms with Crippen LogP contribution in [0.1, 0.15) is 50.6 Å². The molecule has 1 aliphatic rings. The van der Waals surface area contributed by atoms with Crippen molar-refractivity contribution in [1.82, 2.24) is 20.3 Å². The number of hydrogen-bond acceptors (Lipinski definition) is 4. The van der Waals surface area contributed by atoms with Crippen molar-refractivity contribution in [2.45, 2.75) is 50.7 Å². The average Bonchev–Trinajstić information content (AvgIpc) is 3.19. The second-order valence-electron chi connectivity index (χ2n) is 6.34. The standard InChI is InChI=1S/C17H22N4O2/c1-13(19-16(22)12-17(23)8-2-3-9-17)14-4-6-15(7-5-14)21-11-10-18-20-21/h4-7,10-11,13,23H,2-3,8-9,12H2,1H3,(H,19,22). The Hall–Kier alpha value is -2.21. The zero-order chi connectivity index (χ0) is 16.3. The zero-order valence-electron chi connectivity index (χ0n) is 13.3. The number of carbonyl (C=O) groups is 1. The lowest BCUT2D eigenvalue weighted by Gasteiger charge is -2.23. The molecule has 0 radical (unpaired) electrons. The van der Waals surface area contributed by atoms with Crippen molar-refractivity contribution in [3.63, 3.8) is 0 Å². The van der Waals surface area contributed by atoms with E-state index in [1.54, 1.807) is 17.1 Å². The van der Waals surface area contributed by atoms with Crippen molar-refractivity contribution < 1.29 is 9.90 Å². The van der Waals surface area contributed by atoms with Gasteiger partial charge in [0.1, 0.15) is 0 Å². The summed E-state index contributed by atoms with van der Waals surface area (Å²) in [6.45, 7) is 1.95. The highest BCUT2D eigenvalue weighted by molar-refractivity contribution is 5.77. The summed E-state index contributed by atoms with van der Waals surface area (Å²) in [6, 6.07) is 7.71. The van der Waals surface area contributed by atoms with Crippen molar-refractivity contribution in [1.29, 1.82) is 0 Å². The van der Waals surface area contributed by atoms with E-state index >= 15 is 0 Å². The van der Waals surface area contributed by atoms with Gasteiger partial charge in [-0.05, 0) is 37.5 Å². The number of rotatable bonds is 5. The van der Waals surface area contributed by atoms with E-state index in [9.17, 15) is 9.90 Å². The minimum Gasteiger partial charge on any atom is -0.389 e. The summed E-state index contributed by atoms with van der Waals surface area (Å²) in [4.78, 5) is 12.1. The van der Waals surface area contributed by atoms with Gasteiger partial charge in [0.15, 0.2) is 0 Å². The third kappa shape index (κ3) is 3.76. The maximum atomic E-state index is 12.1. The minimum atomic E-state index is -0.805. The highest BCUT2D eigenvalue weighted by Crippen LogP contribution is 2.32. The van der Waals surface area contributed by atoms with Gasteiger partial charge in [-0.25, -0.2) is 4.68 Å². The molecule has 1 aromatic carbocycles. The number of amides is 1. The molecule has 1 atom stereocenters. The van der Waals surface area contributed by atoms with Crippen molar-refractivity contribution in [3.8, 4) is 5.69 Å². The zero-order valence-corrected chi connectivity index (χ0v) is 13.3. The fraction of sp³-hybridized carbons (Fsp3) is 0.471. The van der Waals surface area contributed by atoms with Crippen molar-refractivity contribution in [3.05, 3.63) is 42.2 Å². The second-order valence-corrected chi connectivity index (χ2v) is 6.34. The van der Waals surface area contributed by atoms with Crippen molar-refractivity contribution >= 4 is 5.91 Å². The van der Waals surface area contributed by atoms with E-state index in [0.29, 0.717) is 0 Å². The van der Waals surface area contributed by atoms with Crippen molar-refractivity contribution in [2.24, 2.45) is 0 Å². The van der Waals surface area contributed by atoms with Gasteiger partial charge in [0.05, 0.1) is 36.1 Å². The molecule has 0 bridgehead atoms. The molecule has 1 fully saturated rings. The monoisotopic (exact) mass is 314 g/mol.